The molecule has 0 aliphatic rings. The van der Waals surface area contributed by atoms with Crippen LogP contribution in [0.2, 0.25) is 0 Å². The summed E-state index contributed by atoms with van der Waals surface area (Å²) < 4.78 is 12.1. The molecule has 7 nitrogen and oxygen atoms in total. The number of hydrogen-bond acceptors (Lipinski definition) is 6. The summed E-state index contributed by atoms with van der Waals surface area (Å²) in [6.07, 6.45) is 1.56. The van der Waals surface area contributed by atoms with Crippen molar-refractivity contribution in [1.82, 2.24) is 20.0 Å². The number of esters is 1. The topological polar surface area (TPSA) is 83.0 Å². The third-order valence-electron chi connectivity index (χ3n) is 3.33. The number of aromatic nitrogens is 4. The SMILES string of the molecule is Cc1nc(COC(=O)c2cn(Cc3ccccc3)nn2)oc1C. The predicted octanol–water partition coefficient (Wildman–Crippen LogP) is 2.29. The molecule has 0 saturated heterocycles. The van der Waals surface area contributed by atoms with E-state index in [4.69, 9.17) is 9.15 Å². The minimum absolute atomic E-state index is 0.0287. The molecule has 0 aliphatic heterocycles. The molecule has 3 aromatic rings. The number of aryl methyl sites for hydroxylation is 2. The van der Waals surface area contributed by atoms with E-state index in [1.54, 1.807) is 10.9 Å². The number of carbonyl (C=O) groups is 1. The molecule has 2 heterocycles. The summed E-state index contributed by atoms with van der Waals surface area (Å²) in [5, 5.41) is 7.77. The van der Waals surface area contributed by atoms with Crippen molar-refractivity contribution in [3.05, 3.63) is 65.1 Å². The predicted molar refractivity (Wildman–Crippen MR) is 80.7 cm³/mol. The third kappa shape index (κ3) is 3.63. The molecule has 0 aliphatic carbocycles. The Labute approximate surface area is 132 Å². The van der Waals surface area contributed by atoms with Gasteiger partial charge in [-0.15, -0.1) is 5.10 Å². The zero-order chi connectivity index (χ0) is 16.2. The van der Waals surface area contributed by atoms with Crippen LogP contribution in [0, 0.1) is 13.8 Å². The monoisotopic (exact) mass is 312 g/mol. The summed E-state index contributed by atoms with van der Waals surface area (Å²) in [4.78, 5) is 16.1. The maximum absolute atomic E-state index is 12.0. The van der Waals surface area contributed by atoms with E-state index < -0.39 is 5.97 Å². The number of oxazole rings is 1. The van der Waals surface area contributed by atoms with Crippen molar-refractivity contribution in [2.24, 2.45) is 0 Å². The molecule has 1 aromatic carbocycles. The maximum Gasteiger partial charge on any atom is 0.361 e. The molecule has 23 heavy (non-hydrogen) atoms. The maximum atomic E-state index is 12.0. The Morgan fingerprint density at radius 2 is 2.04 bits per heavy atom. The Hall–Kier alpha value is -2.96. The molecule has 0 unspecified atom stereocenters. The summed E-state index contributed by atoms with van der Waals surface area (Å²) in [7, 11) is 0. The molecular formula is C16H16N4O3. The summed E-state index contributed by atoms with van der Waals surface area (Å²) in [6, 6.07) is 9.79. The van der Waals surface area contributed by atoms with Crippen LogP contribution >= 0.6 is 0 Å². The lowest BCUT2D eigenvalue weighted by atomic mass is 10.2. The average molecular weight is 312 g/mol. The van der Waals surface area contributed by atoms with E-state index in [9.17, 15) is 4.79 Å². The molecule has 0 amide bonds. The van der Waals surface area contributed by atoms with Crippen molar-refractivity contribution in [3.63, 3.8) is 0 Å². The van der Waals surface area contributed by atoms with Crippen LogP contribution < -0.4 is 0 Å². The second-order valence-electron chi connectivity index (χ2n) is 5.11. The number of hydrogen-bond donors (Lipinski definition) is 0. The van der Waals surface area contributed by atoms with Crippen LogP contribution in [0.5, 0.6) is 0 Å². The average Bonchev–Trinajstić information content (AvgIpc) is 3.13. The van der Waals surface area contributed by atoms with E-state index in [-0.39, 0.29) is 12.3 Å². The van der Waals surface area contributed by atoms with Gasteiger partial charge in [-0.1, -0.05) is 35.5 Å². The fourth-order valence-electron chi connectivity index (χ4n) is 2.04. The van der Waals surface area contributed by atoms with Crippen molar-refractivity contribution in [2.45, 2.75) is 27.0 Å². The number of rotatable bonds is 5. The van der Waals surface area contributed by atoms with E-state index in [1.165, 1.54) is 0 Å². The van der Waals surface area contributed by atoms with Gasteiger partial charge in [0.15, 0.2) is 12.3 Å². The van der Waals surface area contributed by atoms with Crippen molar-refractivity contribution in [3.8, 4) is 0 Å². The summed E-state index contributed by atoms with van der Waals surface area (Å²) in [6.45, 7) is 4.15. The van der Waals surface area contributed by atoms with Crippen LogP contribution in [0.3, 0.4) is 0 Å². The van der Waals surface area contributed by atoms with Gasteiger partial charge in [-0.2, -0.15) is 0 Å². The van der Waals surface area contributed by atoms with Gasteiger partial charge < -0.3 is 9.15 Å². The van der Waals surface area contributed by atoms with Gasteiger partial charge in [-0.3, -0.25) is 0 Å². The highest BCUT2D eigenvalue weighted by Crippen LogP contribution is 2.10. The Morgan fingerprint density at radius 1 is 1.26 bits per heavy atom. The van der Waals surface area contributed by atoms with Crippen LogP contribution in [0.25, 0.3) is 0 Å². The number of carbonyl (C=O) groups excluding carboxylic acids is 1. The number of ether oxygens (including phenoxy) is 1. The number of nitrogens with zero attached hydrogens (tertiary/aromatic N) is 4. The molecule has 3 rings (SSSR count). The first-order valence-electron chi connectivity index (χ1n) is 7.16. The van der Waals surface area contributed by atoms with Gasteiger partial charge in [0.1, 0.15) is 5.76 Å². The fraction of sp³-hybridized carbons (Fsp3) is 0.250. The first kappa shape index (κ1) is 15.0. The van der Waals surface area contributed by atoms with Crippen molar-refractivity contribution in [1.29, 1.82) is 0 Å². The standard InChI is InChI=1S/C16H16N4O3/c1-11-12(2)23-15(17-11)10-22-16(21)14-9-20(19-18-14)8-13-6-4-3-5-7-13/h3-7,9H,8,10H2,1-2H3. The lowest BCUT2D eigenvalue weighted by Gasteiger charge is -2.00. The highest BCUT2D eigenvalue weighted by molar-refractivity contribution is 5.86. The third-order valence-corrected chi connectivity index (χ3v) is 3.33. The second kappa shape index (κ2) is 6.43. The Morgan fingerprint density at radius 3 is 2.74 bits per heavy atom. The highest BCUT2D eigenvalue weighted by Gasteiger charge is 2.14. The summed E-state index contributed by atoms with van der Waals surface area (Å²) in [5.74, 6) is 0.521. The van der Waals surface area contributed by atoms with Crippen molar-refractivity contribution < 1.29 is 13.9 Å². The van der Waals surface area contributed by atoms with Crippen molar-refractivity contribution in [2.75, 3.05) is 0 Å². The lowest BCUT2D eigenvalue weighted by Crippen LogP contribution is -2.06. The van der Waals surface area contributed by atoms with E-state index >= 15 is 0 Å². The zero-order valence-corrected chi connectivity index (χ0v) is 12.9. The molecule has 0 N–H and O–H groups in total. The second-order valence-corrected chi connectivity index (χ2v) is 5.11. The molecule has 0 spiro atoms. The van der Waals surface area contributed by atoms with E-state index in [2.05, 4.69) is 15.3 Å². The largest absolute Gasteiger partial charge is 0.451 e. The molecule has 2 aromatic heterocycles. The summed E-state index contributed by atoms with van der Waals surface area (Å²) >= 11 is 0. The Kier molecular flexibility index (Phi) is 4.18. The van der Waals surface area contributed by atoms with Crippen LogP contribution in [0.4, 0.5) is 0 Å². The fourth-order valence-corrected chi connectivity index (χ4v) is 2.04. The van der Waals surface area contributed by atoms with Crippen LogP contribution in [0.1, 0.15) is 33.4 Å². The van der Waals surface area contributed by atoms with Crippen LogP contribution in [-0.2, 0) is 17.9 Å². The lowest BCUT2D eigenvalue weighted by molar-refractivity contribution is 0.0430. The first-order chi connectivity index (χ1) is 11.1. The van der Waals surface area contributed by atoms with Gasteiger partial charge in [0.05, 0.1) is 18.4 Å². The van der Waals surface area contributed by atoms with Gasteiger partial charge >= 0.3 is 5.97 Å². The van der Waals surface area contributed by atoms with Gasteiger partial charge in [0, 0.05) is 0 Å². The number of benzene rings is 1. The molecule has 0 bridgehead atoms. The molecule has 0 atom stereocenters. The molecule has 118 valence electrons. The van der Waals surface area contributed by atoms with Crippen molar-refractivity contribution >= 4 is 5.97 Å². The minimum atomic E-state index is -0.558. The van der Waals surface area contributed by atoms with E-state index in [0.717, 1.165) is 11.3 Å². The van der Waals surface area contributed by atoms with Gasteiger partial charge in [0.25, 0.3) is 0 Å². The smallest absolute Gasteiger partial charge is 0.361 e. The molecule has 7 heteroatoms. The van der Waals surface area contributed by atoms with E-state index in [1.807, 2.05) is 44.2 Å². The molecule has 0 radical (unpaired) electrons. The minimum Gasteiger partial charge on any atom is -0.451 e. The van der Waals surface area contributed by atoms with Gasteiger partial charge in [-0.05, 0) is 19.4 Å². The van der Waals surface area contributed by atoms with Gasteiger partial charge in [-0.25, -0.2) is 14.5 Å². The quantitative estimate of drug-likeness (QED) is 0.672. The van der Waals surface area contributed by atoms with Gasteiger partial charge in [0.2, 0.25) is 5.89 Å². The van der Waals surface area contributed by atoms with E-state index in [0.29, 0.717) is 18.2 Å². The first-order valence-corrected chi connectivity index (χ1v) is 7.16. The Bertz CT molecular complexity index is 788. The van der Waals surface area contributed by atoms with Crippen LogP contribution in [0.15, 0.2) is 40.9 Å². The highest BCUT2D eigenvalue weighted by atomic mass is 16.5. The molecular weight excluding hydrogens is 296 g/mol. The molecule has 0 saturated carbocycles. The zero-order valence-electron chi connectivity index (χ0n) is 12.9. The molecule has 0 fully saturated rings. The van der Waals surface area contributed by atoms with Crippen LogP contribution in [-0.4, -0.2) is 25.9 Å². The normalized spacial score (nSPS) is 10.7. The Balaban J connectivity index is 1.60. The summed E-state index contributed by atoms with van der Waals surface area (Å²) in [5.41, 5.74) is 2.01.